The van der Waals surface area contributed by atoms with Gasteiger partial charge in [0.1, 0.15) is 10.8 Å². The summed E-state index contributed by atoms with van der Waals surface area (Å²) in [7, 11) is 1.64. The lowest BCUT2D eigenvalue weighted by atomic mass is 10.2. The maximum atomic E-state index is 10.8. The summed E-state index contributed by atoms with van der Waals surface area (Å²) in [5.74, 6) is 0.851. The summed E-state index contributed by atoms with van der Waals surface area (Å²) in [5, 5.41) is 4.00. The molecule has 1 aromatic heterocycles. The van der Waals surface area contributed by atoms with Gasteiger partial charge < -0.3 is 15.8 Å². The standard InChI is InChI=1S/C20H18N4O2S/c1-26-16-7-9-17(10-8-16)27-19-12-13-22-20(24-19)23-15-5-2-14(3-6-15)4-11-18(21)25/h2-13H,1H3,(H2,21,25)(H,22,23,24). The second-order valence-electron chi connectivity index (χ2n) is 5.48. The minimum absolute atomic E-state index is 0.475. The Bertz CT molecular complexity index is 941. The number of primary amides is 1. The molecule has 2 aromatic carbocycles. The maximum absolute atomic E-state index is 10.8. The van der Waals surface area contributed by atoms with Crippen LogP contribution >= 0.6 is 11.8 Å². The van der Waals surface area contributed by atoms with Crippen molar-refractivity contribution in [3.63, 3.8) is 0 Å². The van der Waals surface area contributed by atoms with E-state index in [0.717, 1.165) is 26.9 Å². The molecule has 0 fully saturated rings. The normalized spacial score (nSPS) is 10.7. The van der Waals surface area contributed by atoms with Gasteiger partial charge in [-0.3, -0.25) is 4.79 Å². The summed E-state index contributed by atoms with van der Waals surface area (Å²) in [6, 6.07) is 17.2. The summed E-state index contributed by atoms with van der Waals surface area (Å²) in [5.41, 5.74) is 6.82. The number of carbonyl (C=O) groups is 1. The molecule has 0 radical (unpaired) electrons. The Morgan fingerprint density at radius 2 is 1.85 bits per heavy atom. The summed E-state index contributed by atoms with van der Waals surface area (Å²) in [6.45, 7) is 0. The van der Waals surface area contributed by atoms with Crippen molar-refractivity contribution >= 4 is 35.4 Å². The largest absolute Gasteiger partial charge is 0.497 e. The van der Waals surface area contributed by atoms with Gasteiger partial charge in [-0.25, -0.2) is 9.97 Å². The first-order valence-electron chi connectivity index (χ1n) is 8.12. The molecule has 0 unspecified atom stereocenters. The third-order valence-corrected chi connectivity index (χ3v) is 4.46. The number of ether oxygens (including phenoxy) is 1. The Balaban J connectivity index is 1.67. The molecule has 1 amide bonds. The van der Waals surface area contributed by atoms with Crippen molar-refractivity contribution < 1.29 is 9.53 Å². The molecule has 136 valence electrons. The highest BCUT2D eigenvalue weighted by molar-refractivity contribution is 7.99. The zero-order chi connectivity index (χ0) is 19.1. The Hall–Kier alpha value is -3.32. The van der Waals surface area contributed by atoms with E-state index < -0.39 is 5.91 Å². The average Bonchev–Trinajstić information content (AvgIpc) is 2.68. The highest BCUT2D eigenvalue weighted by Crippen LogP contribution is 2.28. The van der Waals surface area contributed by atoms with E-state index in [1.165, 1.54) is 6.08 Å². The van der Waals surface area contributed by atoms with E-state index in [-0.39, 0.29) is 0 Å². The van der Waals surface area contributed by atoms with Crippen molar-refractivity contribution in [2.45, 2.75) is 9.92 Å². The van der Waals surface area contributed by atoms with E-state index in [1.807, 2.05) is 54.6 Å². The highest BCUT2D eigenvalue weighted by Gasteiger charge is 2.03. The van der Waals surface area contributed by atoms with Gasteiger partial charge in [-0.2, -0.15) is 0 Å². The molecule has 0 aliphatic heterocycles. The maximum Gasteiger partial charge on any atom is 0.241 e. The predicted molar refractivity (Wildman–Crippen MR) is 107 cm³/mol. The van der Waals surface area contributed by atoms with Crippen molar-refractivity contribution in [3.05, 3.63) is 72.4 Å². The number of anilines is 2. The first-order chi connectivity index (χ1) is 13.1. The van der Waals surface area contributed by atoms with Crippen LogP contribution in [0.3, 0.4) is 0 Å². The third-order valence-electron chi connectivity index (χ3n) is 3.52. The number of aromatic nitrogens is 2. The number of nitrogens with one attached hydrogen (secondary N) is 1. The molecule has 1 heterocycles. The number of nitrogens with zero attached hydrogens (tertiary/aromatic N) is 2. The monoisotopic (exact) mass is 378 g/mol. The molecule has 0 atom stereocenters. The summed E-state index contributed by atoms with van der Waals surface area (Å²) in [6.07, 6.45) is 4.70. The molecule has 0 saturated carbocycles. The first-order valence-corrected chi connectivity index (χ1v) is 8.93. The van der Waals surface area contributed by atoms with Crippen molar-refractivity contribution in [1.29, 1.82) is 0 Å². The average molecular weight is 378 g/mol. The van der Waals surface area contributed by atoms with E-state index in [4.69, 9.17) is 10.5 Å². The van der Waals surface area contributed by atoms with Crippen molar-refractivity contribution in [2.24, 2.45) is 5.73 Å². The zero-order valence-electron chi connectivity index (χ0n) is 14.6. The SMILES string of the molecule is COc1ccc(Sc2ccnc(Nc3ccc(C=CC(N)=O)cc3)n2)cc1. The quantitative estimate of drug-likeness (QED) is 0.479. The molecule has 3 N–H and O–H groups in total. The fourth-order valence-electron chi connectivity index (χ4n) is 2.21. The van der Waals surface area contributed by atoms with Gasteiger partial charge in [-0.15, -0.1) is 0 Å². The van der Waals surface area contributed by atoms with Gasteiger partial charge in [0.05, 0.1) is 7.11 Å². The van der Waals surface area contributed by atoms with Crippen molar-refractivity contribution in [1.82, 2.24) is 9.97 Å². The van der Waals surface area contributed by atoms with Gasteiger partial charge in [0.25, 0.3) is 0 Å². The molecule has 0 aliphatic carbocycles. The molecule has 3 rings (SSSR count). The summed E-state index contributed by atoms with van der Waals surface area (Å²) < 4.78 is 5.17. The molecule has 0 spiro atoms. The molecule has 0 aliphatic rings. The number of rotatable bonds is 7. The molecule has 7 heteroatoms. The van der Waals surface area contributed by atoms with E-state index in [1.54, 1.807) is 31.1 Å². The van der Waals surface area contributed by atoms with Crippen LogP contribution in [-0.4, -0.2) is 23.0 Å². The van der Waals surface area contributed by atoms with Crippen LogP contribution in [0.25, 0.3) is 6.08 Å². The molecule has 0 saturated heterocycles. The number of carbonyl (C=O) groups excluding carboxylic acids is 1. The van der Waals surface area contributed by atoms with E-state index >= 15 is 0 Å². The van der Waals surface area contributed by atoms with E-state index in [2.05, 4.69) is 15.3 Å². The Kier molecular flexibility index (Phi) is 6.06. The Morgan fingerprint density at radius 1 is 1.11 bits per heavy atom. The fraction of sp³-hybridized carbons (Fsp3) is 0.0500. The predicted octanol–water partition coefficient (Wildman–Crippen LogP) is 3.88. The molecule has 0 bridgehead atoms. The third kappa shape index (κ3) is 5.58. The van der Waals surface area contributed by atoms with Crippen LogP contribution < -0.4 is 15.8 Å². The lowest BCUT2D eigenvalue weighted by molar-refractivity contribution is -0.113. The van der Waals surface area contributed by atoms with Crippen molar-refractivity contribution in [2.75, 3.05) is 12.4 Å². The van der Waals surface area contributed by atoms with Crippen LogP contribution in [0.4, 0.5) is 11.6 Å². The van der Waals surface area contributed by atoms with Crippen LogP contribution in [0.2, 0.25) is 0 Å². The van der Waals surface area contributed by atoms with E-state index in [9.17, 15) is 4.79 Å². The van der Waals surface area contributed by atoms with Gasteiger partial charge in [0, 0.05) is 22.9 Å². The second-order valence-corrected chi connectivity index (χ2v) is 6.57. The summed E-state index contributed by atoms with van der Waals surface area (Å²) >= 11 is 1.54. The van der Waals surface area contributed by atoms with Crippen LogP contribution in [0.5, 0.6) is 5.75 Å². The molecule has 27 heavy (non-hydrogen) atoms. The van der Waals surface area contributed by atoms with Gasteiger partial charge in [-0.1, -0.05) is 23.9 Å². The number of benzene rings is 2. The molecular weight excluding hydrogens is 360 g/mol. The first kappa shape index (κ1) is 18.5. The van der Waals surface area contributed by atoms with Crippen LogP contribution in [0.1, 0.15) is 5.56 Å². The lowest BCUT2D eigenvalue weighted by Crippen LogP contribution is -2.05. The van der Waals surface area contributed by atoms with E-state index in [0.29, 0.717) is 5.95 Å². The summed E-state index contributed by atoms with van der Waals surface area (Å²) in [4.78, 5) is 20.6. The topological polar surface area (TPSA) is 90.1 Å². The number of amides is 1. The smallest absolute Gasteiger partial charge is 0.241 e. The number of nitrogens with two attached hydrogens (primary N) is 1. The number of hydrogen-bond donors (Lipinski definition) is 2. The molecule has 3 aromatic rings. The number of hydrogen-bond acceptors (Lipinski definition) is 6. The Morgan fingerprint density at radius 3 is 2.52 bits per heavy atom. The molecule has 6 nitrogen and oxygen atoms in total. The lowest BCUT2D eigenvalue weighted by Gasteiger charge is -2.07. The minimum Gasteiger partial charge on any atom is -0.497 e. The molecular formula is C20H18N4O2S. The van der Waals surface area contributed by atoms with Crippen LogP contribution in [0.15, 0.2) is 76.8 Å². The van der Waals surface area contributed by atoms with Gasteiger partial charge in [0.15, 0.2) is 0 Å². The van der Waals surface area contributed by atoms with Crippen molar-refractivity contribution in [3.8, 4) is 5.75 Å². The Labute approximate surface area is 161 Å². The van der Waals surface area contributed by atoms with Crippen LogP contribution in [0, 0.1) is 0 Å². The zero-order valence-corrected chi connectivity index (χ0v) is 15.4. The second kappa shape index (κ2) is 8.86. The minimum atomic E-state index is -0.475. The van der Waals surface area contributed by atoms with Gasteiger partial charge in [0.2, 0.25) is 11.9 Å². The van der Waals surface area contributed by atoms with Gasteiger partial charge >= 0.3 is 0 Å². The van der Waals surface area contributed by atoms with Crippen LogP contribution in [-0.2, 0) is 4.79 Å². The highest BCUT2D eigenvalue weighted by atomic mass is 32.2. The number of methoxy groups -OCH3 is 1. The van der Waals surface area contributed by atoms with Gasteiger partial charge in [-0.05, 0) is 54.1 Å². The fourth-order valence-corrected chi connectivity index (χ4v) is 2.98.